The van der Waals surface area contributed by atoms with Crippen LogP contribution in [0.25, 0.3) is 0 Å². The fraction of sp³-hybridized carbons (Fsp3) is 0.706. The van der Waals surface area contributed by atoms with Gasteiger partial charge in [0.1, 0.15) is 5.82 Å². The minimum atomic E-state index is 0.0753. The Hall–Kier alpha value is -1.29. The fourth-order valence-electron chi connectivity index (χ4n) is 3.61. The lowest BCUT2D eigenvalue weighted by Crippen LogP contribution is -2.35. The Bertz CT molecular complexity index is 434. The van der Waals surface area contributed by atoms with E-state index in [0.29, 0.717) is 6.61 Å². The van der Waals surface area contributed by atoms with Gasteiger partial charge in [-0.2, -0.15) is 0 Å². The lowest BCUT2D eigenvalue weighted by atomic mass is 9.74. The van der Waals surface area contributed by atoms with E-state index in [1.807, 2.05) is 6.20 Å². The summed E-state index contributed by atoms with van der Waals surface area (Å²) in [5.74, 6) is 1.09. The van der Waals surface area contributed by atoms with Crippen molar-refractivity contribution < 1.29 is 5.11 Å². The molecule has 1 saturated heterocycles. The van der Waals surface area contributed by atoms with Crippen LogP contribution in [0, 0.1) is 5.41 Å². The number of hydrogen-bond donors (Lipinski definition) is 2. The van der Waals surface area contributed by atoms with Crippen molar-refractivity contribution in [3.63, 3.8) is 0 Å². The smallest absolute Gasteiger partial charge is 0.128 e. The number of aliphatic hydroxyl groups excluding tert-OH is 1. The highest BCUT2D eigenvalue weighted by Gasteiger charge is 2.31. The van der Waals surface area contributed by atoms with E-state index in [-0.39, 0.29) is 5.41 Å². The third-order valence-corrected chi connectivity index (χ3v) is 5.10. The van der Waals surface area contributed by atoms with Crippen molar-refractivity contribution in [2.45, 2.75) is 44.9 Å². The number of pyridine rings is 1. The maximum Gasteiger partial charge on any atom is 0.128 e. The zero-order valence-electron chi connectivity index (χ0n) is 12.9. The first-order valence-electron chi connectivity index (χ1n) is 8.37. The molecule has 1 aliphatic heterocycles. The van der Waals surface area contributed by atoms with Gasteiger partial charge < -0.3 is 15.3 Å². The average Bonchev–Trinajstić information content (AvgIpc) is 3.09. The van der Waals surface area contributed by atoms with E-state index in [1.165, 1.54) is 32.1 Å². The van der Waals surface area contributed by atoms with Crippen molar-refractivity contribution in [1.29, 1.82) is 0 Å². The molecule has 1 aliphatic carbocycles. The predicted molar refractivity (Wildman–Crippen MR) is 86.8 cm³/mol. The normalized spacial score (nSPS) is 21.5. The van der Waals surface area contributed by atoms with E-state index >= 15 is 0 Å². The van der Waals surface area contributed by atoms with Gasteiger partial charge in [-0.3, -0.25) is 0 Å². The number of anilines is 2. The van der Waals surface area contributed by atoms with Crippen molar-refractivity contribution in [2.75, 3.05) is 36.5 Å². The molecule has 3 rings (SSSR count). The lowest BCUT2D eigenvalue weighted by Gasteiger charge is -2.36. The van der Waals surface area contributed by atoms with Gasteiger partial charge in [-0.1, -0.05) is 19.3 Å². The number of hydrogen-bond acceptors (Lipinski definition) is 4. The van der Waals surface area contributed by atoms with E-state index in [0.717, 1.165) is 44.0 Å². The highest BCUT2D eigenvalue weighted by atomic mass is 16.3. The monoisotopic (exact) mass is 289 g/mol. The van der Waals surface area contributed by atoms with Gasteiger partial charge in [0.05, 0.1) is 18.5 Å². The Morgan fingerprint density at radius 1 is 1.10 bits per heavy atom. The van der Waals surface area contributed by atoms with Gasteiger partial charge >= 0.3 is 0 Å². The van der Waals surface area contributed by atoms with Crippen LogP contribution in [-0.2, 0) is 0 Å². The standard InChI is InChI=1S/C17H27N3O/c21-14-17(8-2-1-3-9-17)13-19-15-6-7-16(18-12-15)20-10-4-5-11-20/h6-7,12,19,21H,1-5,8-11,13-14H2. The van der Waals surface area contributed by atoms with Gasteiger partial charge in [0.2, 0.25) is 0 Å². The predicted octanol–water partition coefficient (Wildman–Crippen LogP) is 3.04. The summed E-state index contributed by atoms with van der Waals surface area (Å²) in [6.07, 6.45) is 10.6. The van der Waals surface area contributed by atoms with Gasteiger partial charge in [0, 0.05) is 25.0 Å². The molecular formula is C17H27N3O. The van der Waals surface area contributed by atoms with Crippen LogP contribution in [0.1, 0.15) is 44.9 Å². The average molecular weight is 289 g/mol. The summed E-state index contributed by atoms with van der Waals surface area (Å²) < 4.78 is 0. The first kappa shape index (κ1) is 14.6. The molecule has 4 nitrogen and oxygen atoms in total. The zero-order chi connectivity index (χ0) is 14.5. The number of aromatic nitrogens is 1. The molecule has 21 heavy (non-hydrogen) atoms. The van der Waals surface area contributed by atoms with E-state index in [1.54, 1.807) is 0 Å². The summed E-state index contributed by atoms with van der Waals surface area (Å²) in [4.78, 5) is 6.92. The summed E-state index contributed by atoms with van der Waals surface area (Å²) in [6.45, 7) is 3.41. The van der Waals surface area contributed by atoms with Crippen LogP contribution in [0.2, 0.25) is 0 Å². The van der Waals surface area contributed by atoms with Gasteiger partial charge in [0.15, 0.2) is 0 Å². The molecule has 2 heterocycles. The van der Waals surface area contributed by atoms with Gasteiger partial charge in [-0.15, -0.1) is 0 Å². The molecule has 0 atom stereocenters. The third-order valence-electron chi connectivity index (χ3n) is 5.10. The maximum atomic E-state index is 9.74. The summed E-state index contributed by atoms with van der Waals surface area (Å²) in [5.41, 5.74) is 1.14. The molecule has 2 N–H and O–H groups in total. The fourth-order valence-corrected chi connectivity index (χ4v) is 3.61. The molecule has 2 aliphatic rings. The van der Waals surface area contributed by atoms with Crippen molar-refractivity contribution in [1.82, 2.24) is 4.98 Å². The summed E-state index contributed by atoms with van der Waals surface area (Å²) in [5, 5.41) is 13.2. The van der Waals surface area contributed by atoms with Gasteiger partial charge in [-0.05, 0) is 37.8 Å². The van der Waals surface area contributed by atoms with Crippen LogP contribution in [-0.4, -0.2) is 36.3 Å². The molecule has 0 aromatic carbocycles. The molecule has 0 bridgehead atoms. The Balaban J connectivity index is 1.57. The number of rotatable bonds is 5. The molecular weight excluding hydrogens is 262 g/mol. The molecule has 0 amide bonds. The van der Waals surface area contributed by atoms with Crippen molar-refractivity contribution >= 4 is 11.5 Å². The molecule has 1 aromatic heterocycles. The highest BCUT2D eigenvalue weighted by Crippen LogP contribution is 2.36. The van der Waals surface area contributed by atoms with Crippen molar-refractivity contribution in [3.05, 3.63) is 18.3 Å². The van der Waals surface area contributed by atoms with Crippen LogP contribution in [0.15, 0.2) is 18.3 Å². The second-order valence-corrected chi connectivity index (χ2v) is 6.67. The van der Waals surface area contributed by atoms with Crippen LogP contribution in [0.4, 0.5) is 11.5 Å². The topological polar surface area (TPSA) is 48.4 Å². The molecule has 116 valence electrons. The number of nitrogens with one attached hydrogen (secondary N) is 1. The molecule has 1 saturated carbocycles. The number of nitrogens with zero attached hydrogens (tertiary/aromatic N) is 2. The lowest BCUT2D eigenvalue weighted by molar-refractivity contribution is 0.0944. The molecule has 0 unspecified atom stereocenters. The Morgan fingerprint density at radius 3 is 2.48 bits per heavy atom. The van der Waals surface area contributed by atoms with Crippen LogP contribution >= 0.6 is 0 Å². The van der Waals surface area contributed by atoms with Crippen LogP contribution < -0.4 is 10.2 Å². The van der Waals surface area contributed by atoms with Gasteiger partial charge in [0.25, 0.3) is 0 Å². The summed E-state index contributed by atoms with van der Waals surface area (Å²) >= 11 is 0. The molecule has 1 aromatic rings. The first-order chi connectivity index (χ1) is 10.3. The minimum Gasteiger partial charge on any atom is -0.396 e. The molecule has 2 fully saturated rings. The third kappa shape index (κ3) is 3.49. The van der Waals surface area contributed by atoms with E-state index in [9.17, 15) is 5.11 Å². The molecule has 0 spiro atoms. The SMILES string of the molecule is OCC1(CNc2ccc(N3CCCC3)nc2)CCCCC1. The molecule has 4 heteroatoms. The first-order valence-corrected chi connectivity index (χ1v) is 8.37. The Kier molecular flexibility index (Phi) is 4.63. The van der Waals surface area contributed by atoms with Crippen molar-refractivity contribution in [2.24, 2.45) is 5.41 Å². The Labute approximate surface area is 127 Å². The second kappa shape index (κ2) is 6.65. The van der Waals surface area contributed by atoms with E-state index < -0.39 is 0 Å². The van der Waals surface area contributed by atoms with Crippen LogP contribution in [0.3, 0.4) is 0 Å². The number of aliphatic hydroxyl groups is 1. The van der Waals surface area contributed by atoms with Crippen LogP contribution in [0.5, 0.6) is 0 Å². The maximum absolute atomic E-state index is 9.74. The van der Waals surface area contributed by atoms with E-state index in [2.05, 4.69) is 27.3 Å². The quantitative estimate of drug-likeness (QED) is 0.875. The van der Waals surface area contributed by atoms with Gasteiger partial charge in [-0.25, -0.2) is 4.98 Å². The van der Waals surface area contributed by atoms with E-state index in [4.69, 9.17) is 0 Å². The van der Waals surface area contributed by atoms with Crippen molar-refractivity contribution in [3.8, 4) is 0 Å². The second-order valence-electron chi connectivity index (χ2n) is 6.67. The largest absolute Gasteiger partial charge is 0.396 e. The molecule has 0 radical (unpaired) electrons. The summed E-state index contributed by atoms with van der Waals surface area (Å²) in [6, 6.07) is 4.23. The Morgan fingerprint density at radius 2 is 1.86 bits per heavy atom. The highest BCUT2D eigenvalue weighted by molar-refractivity contribution is 5.49. The summed E-state index contributed by atoms with van der Waals surface area (Å²) in [7, 11) is 0. The zero-order valence-corrected chi connectivity index (χ0v) is 12.9. The minimum absolute atomic E-state index is 0.0753.